The van der Waals surface area contributed by atoms with Crippen molar-refractivity contribution in [3.8, 4) is 0 Å². The molecule has 1 aromatic carbocycles. The van der Waals surface area contributed by atoms with Crippen LogP contribution in [0.2, 0.25) is 0 Å². The zero-order valence-electron chi connectivity index (χ0n) is 14.1. The summed E-state index contributed by atoms with van der Waals surface area (Å²) >= 11 is 0. The molecule has 0 saturated heterocycles. The second-order valence-electron chi connectivity index (χ2n) is 6.73. The summed E-state index contributed by atoms with van der Waals surface area (Å²) in [5.41, 5.74) is 2.75. The molecule has 1 amide bonds. The largest absolute Gasteiger partial charge is 0.346 e. The van der Waals surface area contributed by atoms with Crippen molar-refractivity contribution < 1.29 is 9.18 Å². The molecule has 3 aromatic rings. The molecule has 128 valence electrons. The molecule has 2 aromatic heterocycles. The summed E-state index contributed by atoms with van der Waals surface area (Å²) < 4.78 is 13.2. The number of carbonyl (C=O) groups is 1. The molecule has 1 saturated carbocycles. The molecule has 1 aliphatic carbocycles. The summed E-state index contributed by atoms with van der Waals surface area (Å²) in [4.78, 5) is 22.1. The second kappa shape index (κ2) is 6.31. The molecule has 0 spiro atoms. The van der Waals surface area contributed by atoms with Gasteiger partial charge >= 0.3 is 0 Å². The number of rotatable bonds is 5. The SMILES string of the molecule is CN(C(=O)Cc1c[nH]c2ncccc12)[C@H](c1ccc(F)cc1)C1CC1. The van der Waals surface area contributed by atoms with Crippen LogP contribution in [0.5, 0.6) is 0 Å². The molecule has 0 unspecified atom stereocenters. The molecule has 0 bridgehead atoms. The number of benzene rings is 1. The van der Waals surface area contributed by atoms with Crippen molar-refractivity contribution in [1.82, 2.24) is 14.9 Å². The van der Waals surface area contributed by atoms with E-state index in [0.717, 1.165) is 35.0 Å². The fourth-order valence-corrected chi connectivity index (χ4v) is 3.49. The third-order valence-electron chi connectivity index (χ3n) is 4.97. The van der Waals surface area contributed by atoms with E-state index in [0.29, 0.717) is 12.3 Å². The molecular formula is C20H20FN3O. The minimum absolute atomic E-state index is 0.0106. The number of aromatic amines is 1. The highest BCUT2D eigenvalue weighted by Gasteiger charge is 2.36. The first-order valence-corrected chi connectivity index (χ1v) is 8.55. The van der Waals surface area contributed by atoms with E-state index in [9.17, 15) is 9.18 Å². The van der Waals surface area contributed by atoms with Crippen LogP contribution in [0.25, 0.3) is 11.0 Å². The van der Waals surface area contributed by atoms with Gasteiger partial charge in [-0.05, 0) is 54.2 Å². The van der Waals surface area contributed by atoms with E-state index in [1.807, 2.05) is 30.3 Å². The van der Waals surface area contributed by atoms with Crippen molar-refractivity contribution in [2.24, 2.45) is 5.92 Å². The van der Waals surface area contributed by atoms with E-state index in [2.05, 4.69) is 9.97 Å². The molecule has 2 heterocycles. The summed E-state index contributed by atoms with van der Waals surface area (Å²) in [5.74, 6) is 0.272. The van der Waals surface area contributed by atoms with E-state index in [1.165, 1.54) is 12.1 Å². The van der Waals surface area contributed by atoms with Gasteiger partial charge in [-0.3, -0.25) is 4.79 Å². The average molecular weight is 337 g/mol. The zero-order valence-corrected chi connectivity index (χ0v) is 14.1. The van der Waals surface area contributed by atoms with Crippen LogP contribution in [-0.2, 0) is 11.2 Å². The smallest absolute Gasteiger partial charge is 0.227 e. The molecule has 1 N–H and O–H groups in total. The number of nitrogens with one attached hydrogen (secondary N) is 1. The standard InChI is InChI=1S/C20H20FN3O/c1-24(19(13-4-5-13)14-6-8-16(21)9-7-14)18(25)11-15-12-23-20-17(15)3-2-10-22-20/h2-3,6-10,12-13,19H,4-5,11H2,1H3,(H,22,23)/t19-/m0/s1. The van der Waals surface area contributed by atoms with Gasteiger partial charge in [0, 0.05) is 24.8 Å². The molecular weight excluding hydrogens is 317 g/mol. The number of fused-ring (bicyclic) bond motifs is 1. The maximum absolute atomic E-state index is 13.2. The Morgan fingerprint density at radius 3 is 2.80 bits per heavy atom. The summed E-state index contributed by atoms with van der Waals surface area (Å²) in [5, 5.41) is 0.981. The molecule has 0 aliphatic heterocycles. The predicted molar refractivity (Wildman–Crippen MR) is 94.4 cm³/mol. The van der Waals surface area contributed by atoms with Crippen molar-refractivity contribution in [3.05, 3.63) is 65.7 Å². The number of hydrogen-bond acceptors (Lipinski definition) is 2. The number of pyridine rings is 1. The number of carbonyl (C=O) groups excluding carboxylic acids is 1. The molecule has 5 heteroatoms. The lowest BCUT2D eigenvalue weighted by atomic mass is 10.00. The summed E-state index contributed by atoms with van der Waals surface area (Å²) in [7, 11) is 1.85. The monoisotopic (exact) mass is 337 g/mol. The van der Waals surface area contributed by atoms with Gasteiger partial charge in [0.1, 0.15) is 11.5 Å². The average Bonchev–Trinajstić information content (AvgIpc) is 3.38. The minimum atomic E-state index is -0.251. The second-order valence-corrected chi connectivity index (χ2v) is 6.73. The van der Waals surface area contributed by atoms with Crippen LogP contribution in [0.15, 0.2) is 48.8 Å². The topological polar surface area (TPSA) is 49.0 Å². The van der Waals surface area contributed by atoms with Crippen molar-refractivity contribution in [3.63, 3.8) is 0 Å². The van der Waals surface area contributed by atoms with E-state index >= 15 is 0 Å². The Balaban J connectivity index is 1.56. The van der Waals surface area contributed by atoms with Crippen molar-refractivity contribution >= 4 is 16.9 Å². The summed E-state index contributed by atoms with van der Waals surface area (Å²) in [6.07, 6.45) is 6.13. The van der Waals surface area contributed by atoms with Crippen LogP contribution < -0.4 is 0 Å². The first-order chi connectivity index (χ1) is 12.1. The maximum atomic E-state index is 13.2. The van der Waals surface area contributed by atoms with Crippen LogP contribution in [0.1, 0.15) is 30.0 Å². The quantitative estimate of drug-likeness (QED) is 0.769. The van der Waals surface area contributed by atoms with Crippen LogP contribution >= 0.6 is 0 Å². The Labute approximate surface area is 145 Å². The van der Waals surface area contributed by atoms with E-state index in [1.54, 1.807) is 18.3 Å². The molecule has 0 radical (unpaired) electrons. The molecule has 1 fully saturated rings. The summed E-state index contributed by atoms with van der Waals surface area (Å²) in [6, 6.07) is 10.4. The van der Waals surface area contributed by atoms with Gasteiger partial charge in [-0.15, -0.1) is 0 Å². The Hall–Kier alpha value is -2.69. The Morgan fingerprint density at radius 2 is 2.08 bits per heavy atom. The van der Waals surface area contributed by atoms with Crippen LogP contribution in [0, 0.1) is 11.7 Å². The Bertz CT molecular complexity index is 899. The number of nitrogens with zero attached hydrogens (tertiary/aromatic N) is 2. The van der Waals surface area contributed by atoms with Gasteiger partial charge in [0.05, 0.1) is 12.5 Å². The fourth-order valence-electron chi connectivity index (χ4n) is 3.49. The minimum Gasteiger partial charge on any atom is -0.346 e. The highest BCUT2D eigenvalue weighted by molar-refractivity contribution is 5.87. The van der Waals surface area contributed by atoms with Crippen molar-refractivity contribution in [2.75, 3.05) is 7.05 Å². The molecule has 1 atom stereocenters. The third kappa shape index (κ3) is 3.14. The number of hydrogen-bond donors (Lipinski definition) is 1. The highest BCUT2D eigenvalue weighted by Crippen LogP contribution is 2.44. The number of aromatic nitrogens is 2. The van der Waals surface area contributed by atoms with Gasteiger partial charge < -0.3 is 9.88 Å². The lowest BCUT2D eigenvalue weighted by Crippen LogP contribution is -2.33. The third-order valence-corrected chi connectivity index (χ3v) is 4.97. The number of halogens is 1. The highest BCUT2D eigenvalue weighted by atomic mass is 19.1. The Morgan fingerprint density at radius 1 is 1.32 bits per heavy atom. The zero-order chi connectivity index (χ0) is 17.4. The normalized spacial score (nSPS) is 15.3. The van der Waals surface area contributed by atoms with Crippen LogP contribution in [-0.4, -0.2) is 27.8 Å². The lowest BCUT2D eigenvalue weighted by Gasteiger charge is -2.29. The van der Waals surface area contributed by atoms with E-state index in [-0.39, 0.29) is 17.8 Å². The Kier molecular flexibility index (Phi) is 3.99. The summed E-state index contributed by atoms with van der Waals surface area (Å²) in [6.45, 7) is 0. The first kappa shape index (κ1) is 15.8. The molecule has 1 aliphatic rings. The van der Waals surface area contributed by atoms with Crippen LogP contribution in [0.4, 0.5) is 4.39 Å². The van der Waals surface area contributed by atoms with Gasteiger partial charge in [-0.2, -0.15) is 0 Å². The lowest BCUT2D eigenvalue weighted by molar-refractivity contribution is -0.131. The molecule has 4 nitrogen and oxygen atoms in total. The van der Waals surface area contributed by atoms with Crippen molar-refractivity contribution in [1.29, 1.82) is 0 Å². The molecule has 4 rings (SSSR count). The fraction of sp³-hybridized carbons (Fsp3) is 0.300. The first-order valence-electron chi connectivity index (χ1n) is 8.55. The molecule has 25 heavy (non-hydrogen) atoms. The predicted octanol–water partition coefficient (Wildman–Crippen LogP) is 3.85. The van der Waals surface area contributed by atoms with Gasteiger partial charge in [0.25, 0.3) is 0 Å². The van der Waals surface area contributed by atoms with E-state index < -0.39 is 0 Å². The van der Waals surface area contributed by atoms with Gasteiger partial charge in [-0.25, -0.2) is 9.37 Å². The van der Waals surface area contributed by atoms with Gasteiger partial charge in [0.15, 0.2) is 0 Å². The number of H-pyrrole nitrogens is 1. The number of amides is 1. The van der Waals surface area contributed by atoms with Crippen molar-refractivity contribution in [2.45, 2.75) is 25.3 Å². The number of likely N-dealkylation sites (N-methyl/N-ethyl adjacent to an activating group) is 1. The van der Waals surface area contributed by atoms with Gasteiger partial charge in [0.2, 0.25) is 5.91 Å². The van der Waals surface area contributed by atoms with Crippen LogP contribution in [0.3, 0.4) is 0 Å². The van der Waals surface area contributed by atoms with E-state index in [4.69, 9.17) is 0 Å². The van der Waals surface area contributed by atoms with Gasteiger partial charge in [-0.1, -0.05) is 12.1 Å². The maximum Gasteiger partial charge on any atom is 0.227 e.